The molecule has 0 radical (unpaired) electrons. The summed E-state index contributed by atoms with van der Waals surface area (Å²) < 4.78 is 10.4. The summed E-state index contributed by atoms with van der Waals surface area (Å²) in [6, 6.07) is 3.00. The second kappa shape index (κ2) is 7.22. The number of aromatic nitrogens is 2. The van der Waals surface area contributed by atoms with Gasteiger partial charge in [0.15, 0.2) is 5.69 Å². The van der Waals surface area contributed by atoms with Crippen LogP contribution in [0.1, 0.15) is 28.9 Å². The van der Waals surface area contributed by atoms with E-state index in [9.17, 15) is 4.79 Å². The van der Waals surface area contributed by atoms with Crippen LogP contribution in [0.25, 0.3) is 0 Å². The normalized spacial score (nSPS) is 11.2. The zero-order valence-corrected chi connectivity index (χ0v) is 13.4. The Kier molecular flexibility index (Phi) is 5.92. The quantitative estimate of drug-likeness (QED) is 0.474. The molecule has 1 N–H and O–H groups in total. The number of carbonyl (C=O) groups excluding carboxylic acids is 1. The van der Waals surface area contributed by atoms with E-state index >= 15 is 0 Å². The predicted molar refractivity (Wildman–Crippen MR) is 77.1 cm³/mol. The smallest absolute Gasteiger partial charge is 0.374 e. The lowest BCUT2D eigenvalue weighted by Gasteiger charge is -2.14. The summed E-state index contributed by atoms with van der Waals surface area (Å²) in [6.07, 6.45) is 0. The number of hydrogen-bond donors (Lipinski definition) is 1. The maximum Gasteiger partial charge on any atom is 0.374 e. The van der Waals surface area contributed by atoms with Crippen LogP contribution in [-0.4, -0.2) is 37.2 Å². The Bertz CT molecular complexity index is 500. The van der Waals surface area contributed by atoms with E-state index in [-0.39, 0.29) is 24.7 Å². The van der Waals surface area contributed by atoms with Gasteiger partial charge in [0.1, 0.15) is 6.07 Å². The summed E-state index contributed by atoms with van der Waals surface area (Å²) in [5, 5.41) is 9.00. The highest BCUT2D eigenvalue weighted by Crippen LogP contribution is 2.11. The summed E-state index contributed by atoms with van der Waals surface area (Å²) in [7, 11) is -1.13. The van der Waals surface area contributed by atoms with Crippen LogP contribution in [0.15, 0.2) is 0 Å². The zero-order valence-electron chi connectivity index (χ0n) is 12.4. The van der Waals surface area contributed by atoms with Gasteiger partial charge in [-0.2, -0.15) is 5.26 Å². The van der Waals surface area contributed by atoms with Crippen LogP contribution in [-0.2, 0) is 16.1 Å². The Morgan fingerprint density at radius 1 is 1.45 bits per heavy atom. The lowest BCUT2D eigenvalue weighted by molar-refractivity contribution is 0.0512. The van der Waals surface area contributed by atoms with Gasteiger partial charge in [-0.25, -0.2) is 9.78 Å². The van der Waals surface area contributed by atoms with Crippen LogP contribution in [0.4, 0.5) is 0 Å². The Hall–Kier alpha value is -1.65. The molecule has 0 spiro atoms. The third-order valence-electron chi connectivity index (χ3n) is 2.60. The van der Waals surface area contributed by atoms with Gasteiger partial charge >= 0.3 is 5.97 Å². The van der Waals surface area contributed by atoms with Crippen molar-refractivity contribution in [2.45, 2.75) is 39.2 Å². The van der Waals surface area contributed by atoms with Crippen molar-refractivity contribution in [3.8, 4) is 6.07 Å². The van der Waals surface area contributed by atoms with Crippen LogP contribution in [0, 0.1) is 11.3 Å². The molecule has 0 aliphatic carbocycles. The number of nitrogens with zero attached hydrogens (tertiary/aromatic N) is 2. The number of nitriles is 1. The third-order valence-corrected chi connectivity index (χ3v) is 4.30. The van der Waals surface area contributed by atoms with E-state index in [1.165, 1.54) is 0 Å². The monoisotopic (exact) mass is 295 g/mol. The standard InChI is InChI=1S/C13H21N3O3Si/c1-5-19-13(17)12-15-10(8-14)11(16-12)9-18-6-7-20(2,3)4/h5-7,9H2,1-4H3,(H,15,16). The molecule has 0 fully saturated rings. The maximum atomic E-state index is 11.5. The first-order valence-corrected chi connectivity index (χ1v) is 10.3. The minimum Gasteiger partial charge on any atom is -0.460 e. The van der Waals surface area contributed by atoms with Crippen molar-refractivity contribution in [2.24, 2.45) is 0 Å². The molecule has 0 amide bonds. The van der Waals surface area contributed by atoms with Gasteiger partial charge in [-0.3, -0.25) is 0 Å². The molecule has 0 bridgehead atoms. The summed E-state index contributed by atoms with van der Waals surface area (Å²) in [6.45, 7) is 9.69. The lowest BCUT2D eigenvalue weighted by Crippen LogP contribution is -2.21. The third kappa shape index (κ3) is 5.15. The van der Waals surface area contributed by atoms with Gasteiger partial charge in [-0.05, 0) is 13.0 Å². The van der Waals surface area contributed by atoms with Crippen LogP contribution >= 0.6 is 0 Å². The molecule has 0 aromatic carbocycles. The van der Waals surface area contributed by atoms with E-state index in [1.54, 1.807) is 6.92 Å². The first kappa shape index (κ1) is 16.4. The van der Waals surface area contributed by atoms with Gasteiger partial charge < -0.3 is 14.5 Å². The molecule has 0 aliphatic heterocycles. The lowest BCUT2D eigenvalue weighted by atomic mass is 10.3. The second-order valence-electron chi connectivity index (χ2n) is 5.61. The largest absolute Gasteiger partial charge is 0.460 e. The molecule has 20 heavy (non-hydrogen) atoms. The fourth-order valence-corrected chi connectivity index (χ4v) is 2.21. The molecule has 1 rings (SSSR count). The summed E-state index contributed by atoms with van der Waals surface area (Å²) >= 11 is 0. The van der Waals surface area contributed by atoms with Crippen molar-refractivity contribution in [3.05, 3.63) is 17.2 Å². The van der Waals surface area contributed by atoms with Crippen LogP contribution < -0.4 is 0 Å². The summed E-state index contributed by atoms with van der Waals surface area (Å²) in [4.78, 5) is 18.2. The predicted octanol–water partition coefficient (Wildman–Crippen LogP) is 2.31. The molecule has 0 aliphatic rings. The zero-order chi connectivity index (χ0) is 15.2. The highest BCUT2D eigenvalue weighted by atomic mass is 28.3. The molecule has 1 aromatic heterocycles. The fraction of sp³-hybridized carbons (Fsp3) is 0.615. The Labute approximate surface area is 120 Å². The minimum absolute atomic E-state index is 0.0483. The van der Waals surface area contributed by atoms with E-state index in [0.29, 0.717) is 12.3 Å². The van der Waals surface area contributed by atoms with Gasteiger partial charge in [-0.15, -0.1) is 0 Å². The second-order valence-corrected chi connectivity index (χ2v) is 11.2. The molecular weight excluding hydrogens is 274 g/mol. The van der Waals surface area contributed by atoms with E-state index in [2.05, 4.69) is 29.6 Å². The Balaban J connectivity index is 2.61. The first-order valence-electron chi connectivity index (χ1n) is 6.61. The van der Waals surface area contributed by atoms with Crippen molar-refractivity contribution in [2.75, 3.05) is 13.2 Å². The molecule has 0 saturated carbocycles. The minimum atomic E-state index is -1.13. The number of rotatable bonds is 7. The average molecular weight is 295 g/mol. The van der Waals surface area contributed by atoms with Crippen molar-refractivity contribution in [1.29, 1.82) is 5.26 Å². The highest BCUT2D eigenvalue weighted by molar-refractivity contribution is 6.76. The molecule has 7 heteroatoms. The Morgan fingerprint density at radius 2 is 2.15 bits per heavy atom. The van der Waals surface area contributed by atoms with Gasteiger partial charge in [-0.1, -0.05) is 19.6 Å². The van der Waals surface area contributed by atoms with Gasteiger partial charge in [0.2, 0.25) is 5.82 Å². The van der Waals surface area contributed by atoms with Crippen molar-refractivity contribution in [3.63, 3.8) is 0 Å². The fourth-order valence-electron chi connectivity index (χ4n) is 1.45. The number of ether oxygens (including phenoxy) is 2. The number of hydrogen-bond acceptors (Lipinski definition) is 5. The van der Waals surface area contributed by atoms with Crippen LogP contribution in [0.2, 0.25) is 25.7 Å². The van der Waals surface area contributed by atoms with E-state index in [4.69, 9.17) is 14.7 Å². The molecule has 1 heterocycles. The first-order chi connectivity index (χ1) is 9.37. The van der Waals surface area contributed by atoms with Crippen LogP contribution in [0.5, 0.6) is 0 Å². The molecule has 6 nitrogen and oxygen atoms in total. The van der Waals surface area contributed by atoms with Gasteiger partial charge in [0.25, 0.3) is 0 Å². The van der Waals surface area contributed by atoms with Crippen molar-refractivity contribution in [1.82, 2.24) is 9.97 Å². The number of esters is 1. The van der Waals surface area contributed by atoms with Crippen molar-refractivity contribution < 1.29 is 14.3 Å². The van der Waals surface area contributed by atoms with Crippen LogP contribution in [0.3, 0.4) is 0 Å². The molecule has 0 unspecified atom stereocenters. The van der Waals surface area contributed by atoms with Gasteiger partial charge in [0.05, 0.1) is 18.9 Å². The topological polar surface area (TPSA) is 88.0 Å². The number of imidazole rings is 1. The van der Waals surface area contributed by atoms with Gasteiger partial charge in [0, 0.05) is 14.7 Å². The van der Waals surface area contributed by atoms with Crippen molar-refractivity contribution >= 4 is 14.0 Å². The molecule has 1 aromatic rings. The SMILES string of the molecule is CCOC(=O)c1nc(C#N)c(COCC[Si](C)(C)C)[nH]1. The number of H-pyrrole nitrogens is 1. The molecule has 110 valence electrons. The maximum absolute atomic E-state index is 11.5. The molecule has 0 atom stereocenters. The Morgan fingerprint density at radius 3 is 2.70 bits per heavy atom. The van der Waals surface area contributed by atoms with E-state index in [0.717, 1.165) is 6.04 Å². The number of nitrogens with one attached hydrogen (secondary N) is 1. The number of carbonyl (C=O) groups is 1. The molecular formula is C13H21N3O3Si. The highest BCUT2D eigenvalue weighted by Gasteiger charge is 2.17. The summed E-state index contributed by atoms with van der Waals surface area (Å²) in [5.74, 6) is -0.510. The average Bonchev–Trinajstić information content (AvgIpc) is 2.77. The molecule has 0 saturated heterocycles. The summed E-state index contributed by atoms with van der Waals surface area (Å²) in [5.41, 5.74) is 0.701. The number of aromatic amines is 1. The van der Waals surface area contributed by atoms with E-state index < -0.39 is 14.0 Å². The van der Waals surface area contributed by atoms with E-state index in [1.807, 2.05) is 6.07 Å².